The Morgan fingerprint density at radius 2 is 1.62 bits per heavy atom. The number of likely N-dealkylation sites (tertiary alicyclic amines) is 1. The van der Waals surface area contributed by atoms with E-state index in [0.29, 0.717) is 60.2 Å². The number of amides is 1. The van der Waals surface area contributed by atoms with Gasteiger partial charge in [-0.05, 0) is 85.2 Å². The zero-order chi connectivity index (χ0) is 31.0. The second-order valence-corrected chi connectivity index (χ2v) is 12.2. The molecule has 3 aromatic carbocycles. The van der Waals surface area contributed by atoms with Gasteiger partial charge in [-0.2, -0.15) is 0 Å². The van der Waals surface area contributed by atoms with E-state index in [9.17, 15) is 19.1 Å². The van der Waals surface area contributed by atoms with Crippen LogP contribution in [0.25, 0.3) is 16.5 Å². The van der Waals surface area contributed by atoms with Crippen LogP contribution in [0.5, 0.6) is 0 Å². The summed E-state index contributed by atoms with van der Waals surface area (Å²) >= 11 is 0. The van der Waals surface area contributed by atoms with Crippen LogP contribution in [0.4, 0.5) is 4.39 Å². The summed E-state index contributed by atoms with van der Waals surface area (Å²) in [7, 11) is 0. The molecule has 0 bridgehead atoms. The van der Waals surface area contributed by atoms with Crippen molar-refractivity contribution in [2.45, 2.75) is 43.9 Å². The molecule has 2 fully saturated rings. The molecule has 7 rings (SSSR count). The molecule has 2 aromatic heterocycles. The van der Waals surface area contributed by atoms with Crippen molar-refractivity contribution in [3.8, 4) is 5.69 Å². The van der Waals surface area contributed by atoms with E-state index in [4.69, 9.17) is 0 Å². The maximum Gasteiger partial charge on any atom is 0.263 e. The number of nitrogens with one attached hydrogen (secondary N) is 1. The van der Waals surface area contributed by atoms with Gasteiger partial charge in [-0.15, -0.1) is 0 Å². The van der Waals surface area contributed by atoms with Crippen LogP contribution < -0.4 is 10.9 Å². The van der Waals surface area contributed by atoms with Crippen molar-refractivity contribution in [3.05, 3.63) is 142 Å². The van der Waals surface area contributed by atoms with Crippen molar-refractivity contribution in [1.29, 1.82) is 0 Å². The number of aliphatic hydroxyl groups is 1. The highest BCUT2D eigenvalue weighted by atomic mass is 19.1. The number of piperidine rings is 1. The first-order valence-corrected chi connectivity index (χ1v) is 15.5. The van der Waals surface area contributed by atoms with Gasteiger partial charge in [0.25, 0.3) is 11.5 Å². The molecule has 1 saturated heterocycles. The topological polar surface area (TPSA) is 87.5 Å². The number of hydrogen-bond donors (Lipinski definition) is 2. The highest BCUT2D eigenvalue weighted by Crippen LogP contribution is 2.41. The standard InChI is InChI=1S/C37H35FN4O3/c38-28-8-6-7-26(23-28)34(25-13-14-25)40-35(43)33-30-11-4-5-12-31(30)36(44)42(29-9-2-1-3-10-29)32(33)24-41-21-17-37(45,18-22-41)27-15-19-39-20-16-27/h1-12,15-16,19-20,23,25,34,45H,13-14,17-18,21-22,24H2,(H,40,43). The van der Waals surface area contributed by atoms with Gasteiger partial charge in [0.1, 0.15) is 5.82 Å². The molecule has 3 heterocycles. The van der Waals surface area contributed by atoms with Gasteiger partial charge >= 0.3 is 0 Å². The van der Waals surface area contributed by atoms with Crippen LogP contribution in [-0.4, -0.2) is 38.6 Å². The van der Waals surface area contributed by atoms with Crippen molar-refractivity contribution in [3.63, 3.8) is 0 Å². The zero-order valence-electron chi connectivity index (χ0n) is 24.9. The average molecular weight is 603 g/mol. The number of pyridine rings is 2. The summed E-state index contributed by atoms with van der Waals surface area (Å²) in [6, 6.07) is 26.4. The van der Waals surface area contributed by atoms with Gasteiger partial charge in [0.15, 0.2) is 0 Å². The molecule has 1 aliphatic heterocycles. The molecular weight excluding hydrogens is 567 g/mol. The lowest BCUT2D eigenvalue weighted by Crippen LogP contribution is -2.43. The molecule has 2 aliphatic rings. The van der Waals surface area contributed by atoms with E-state index in [1.54, 1.807) is 29.1 Å². The van der Waals surface area contributed by atoms with Crippen LogP contribution in [0.1, 0.15) is 58.9 Å². The molecule has 2 N–H and O–H groups in total. The average Bonchev–Trinajstić information content (AvgIpc) is 3.91. The molecular formula is C37H35FN4O3. The minimum absolute atomic E-state index is 0.197. The zero-order valence-corrected chi connectivity index (χ0v) is 24.9. The lowest BCUT2D eigenvalue weighted by Gasteiger charge is -2.39. The van der Waals surface area contributed by atoms with Gasteiger partial charge in [0.2, 0.25) is 0 Å². The minimum atomic E-state index is -0.968. The summed E-state index contributed by atoms with van der Waals surface area (Å²) in [5.74, 6) is -0.413. The van der Waals surface area contributed by atoms with E-state index < -0.39 is 5.60 Å². The molecule has 1 saturated carbocycles. The van der Waals surface area contributed by atoms with Crippen molar-refractivity contribution in [2.75, 3.05) is 13.1 Å². The highest BCUT2D eigenvalue weighted by Gasteiger charge is 2.37. The molecule has 1 unspecified atom stereocenters. The van der Waals surface area contributed by atoms with E-state index in [1.165, 1.54) is 12.1 Å². The Morgan fingerprint density at radius 1 is 0.933 bits per heavy atom. The largest absolute Gasteiger partial charge is 0.385 e. The molecule has 45 heavy (non-hydrogen) atoms. The fourth-order valence-electron chi connectivity index (χ4n) is 6.71. The summed E-state index contributed by atoms with van der Waals surface area (Å²) in [5.41, 5.74) is 2.11. The number of benzene rings is 3. The van der Waals surface area contributed by atoms with Crippen LogP contribution in [0.15, 0.2) is 108 Å². The predicted octanol–water partition coefficient (Wildman–Crippen LogP) is 5.89. The number of nitrogens with zero attached hydrogens (tertiary/aromatic N) is 3. The fraction of sp³-hybridized carbons (Fsp3) is 0.270. The smallest absolute Gasteiger partial charge is 0.263 e. The van der Waals surface area contributed by atoms with E-state index in [0.717, 1.165) is 24.0 Å². The van der Waals surface area contributed by atoms with Crippen LogP contribution >= 0.6 is 0 Å². The van der Waals surface area contributed by atoms with Crippen LogP contribution in [0.2, 0.25) is 0 Å². The summed E-state index contributed by atoms with van der Waals surface area (Å²) < 4.78 is 15.9. The molecule has 0 radical (unpaired) electrons. The monoisotopic (exact) mass is 602 g/mol. The molecule has 7 nitrogen and oxygen atoms in total. The second-order valence-electron chi connectivity index (χ2n) is 12.2. The van der Waals surface area contributed by atoms with Crippen LogP contribution in [0, 0.1) is 11.7 Å². The Morgan fingerprint density at radius 3 is 2.31 bits per heavy atom. The van der Waals surface area contributed by atoms with Gasteiger partial charge in [0, 0.05) is 48.5 Å². The molecule has 1 atom stereocenters. The van der Waals surface area contributed by atoms with Crippen LogP contribution in [-0.2, 0) is 12.1 Å². The van der Waals surface area contributed by atoms with E-state index in [-0.39, 0.29) is 29.2 Å². The number of fused-ring (bicyclic) bond motifs is 1. The summed E-state index contributed by atoms with van der Waals surface area (Å²) in [4.78, 5) is 35.0. The molecule has 0 spiro atoms. The maximum absolute atomic E-state index is 14.5. The van der Waals surface area contributed by atoms with Gasteiger partial charge in [-0.1, -0.05) is 48.5 Å². The molecule has 1 amide bonds. The molecule has 1 aliphatic carbocycles. The summed E-state index contributed by atoms with van der Waals surface area (Å²) in [5, 5.41) is 15.8. The van der Waals surface area contributed by atoms with Crippen LogP contribution in [0.3, 0.4) is 0 Å². The third-order valence-electron chi connectivity index (χ3n) is 9.29. The lowest BCUT2D eigenvalue weighted by molar-refractivity contribution is -0.0282. The second kappa shape index (κ2) is 12.0. The summed E-state index contributed by atoms with van der Waals surface area (Å²) in [6.45, 7) is 1.48. The Kier molecular flexibility index (Phi) is 7.77. The number of hydrogen-bond acceptors (Lipinski definition) is 5. The van der Waals surface area contributed by atoms with E-state index in [2.05, 4.69) is 15.2 Å². The first-order valence-electron chi connectivity index (χ1n) is 15.5. The number of halogens is 1. The van der Waals surface area contributed by atoms with Crippen molar-refractivity contribution in [1.82, 2.24) is 19.8 Å². The lowest BCUT2D eigenvalue weighted by atomic mass is 9.85. The Labute approximate surface area is 261 Å². The maximum atomic E-state index is 14.5. The molecule has 228 valence electrons. The molecule has 8 heteroatoms. The Hall–Kier alpha value is -4.66. The highest BCUT2D eigenvalue weighted by molar-refractivity contribution is 6.08. The number of aromatic nitrogens is 2. The van der Waals surface area contributed by atoms with Crippen molar-refractivity contribution < 1.29 is 14.3 Å². The van der Waals surface area contributed by atoms with Gasteiger partial charge in [-0.3, -0.25) is 24.0 Å². The van der Waals surface area contributed by atoms with Crippen molar-refractivity contribution in [2.24, 2.45) is 5.92 Å². The minimum Gasteiger partial charge on any atom is -0.385 e. The van der Waals surface area contributed by atoms with Gasteiger partial charge < -0.3 is 10.4 Å². The van der Waals surface area contributed by atoms with E-state index in [1.807, 2.05) is 66.7 Å². The first-order chi connectivity index (χ1) is 21.9. The number of rotatable bonds is 8. The van der Waals surface area contributed by atoms with E-state index >= 15 is 0 Å². The summed E-state index contributed by atoms with van der Waals surface area (Å²) in [6.07, 6.45) is 6.30. The molecule has 5 aromatic rings. The predicted molar refractivity (Wildman–Crippen MR) is 172 cm³/mol. The normalized spacial score (nSPS) is 17.2. The third kappa shape index (κ3) is 5.79. The fourth-order valence-corrected chi connectivity index (χ4v) is 6.71. The first kappa shape index (κ1) is 29.1. The number of carbonyl (C=O) groups excluding carboxylic acids is 1. The quantitative estimate of drug-likeness (QED) is 0.231. The van der Waals surface area contributed by atoms with Gasteiger partial charge in [0.05, 0.1) is 22.9 Å². The third-order valence-corrected chi connectivity index (χ3v) is 9.29. The SMILES string of the molecule is O=C(NC(c1cccc(F)c1)C1CC1)c1c(CN2CCC(O)(c3ccncc3)CC2)n(-c2ccccc2)c(=O)c2ccccc12. The Balaban J connectivity index is 1.32. The number of para-hydroxylation sites is 1. The Bertz CT molecular complexity index is 1900. The number of carbonyl (C=O) groups is 1. The van der Waals surface area contributed by atoms with Crippen molar-refractivity contribution >= 4 is 16.7 Å². The van der Waals surface area contributed by atoms with Gasteiger partial charge in [-0.25, -0.2) is 4.39 Å².